The van der Waals surface area contributed by atoms with Crippen molar-refractivity contribution in [3.8, 4) is 5.75 Å². The molecule has 0 saturated carbocycles. The van der Waals surface area contributed by atoms with Crippen molar-refractivity contribution in [2.75, 3.05) is 0 Å². The number of nitrogens with one attached hydrogen (secondary N) is 1. The van der Waals surface area contributed by atoms with Crippen LogP contribution in [0.5, 0.6) is 5.75 Å². The van der Waals surface area contributed by atoms with E-state index in [2.05, 4.69) is 4.98 Å². The van der Waals surface area contributed by atoms with Gasteiger partial charge in [0.1, 0.15) is 5.75 Å². The largest absolute Gasteiger partial charge is 0.508 e. The van der Waals surface area contributed by atoms with E-state index in [1.54, 1.807) is 30.3 Å². The van der Waals surface area contributed by atoms with E-state index in [1.807, 2.05) is 24.3 Å². The number of para-hydroxylation sites is 1. The molecule has 0 unspecified atom stereocenters. The molecule has 1 aliphatic rings. The molecule has 0 amide bonds. The van der Waals surface area contributed by atoms with E-state index in [0.717, 1.165) is 16.5 Å². The molecule has 0 atom stereocenters. The number of aromatic hydroxyl groups is 1. The Morgan fingerprint density at radius 2 is 1.64 bits per heavy atom. The van der Waals surface area contributed by atoms with Gasteiger partial charge < -0.3 is 10.1 Å². The van der Waals surface area contributed by atoms with Gasteiger partial charge in [-0.2, -0.15) is 0 Å². The van der Waals surface area contributed by atoms with Gasteiger partial charge in [-0.05, 0) is 29.8 Å². The van der Waals surface area contributed by atoms with E-state index in [-0.39, 0.29) is 5.75 Å². The van der Waals surface area contributed by atoms with E-state index in [1.165, 1.54) is 0 Å². The van der Waals surface area contributed by atoms with Gasteiger partial charge in [0.15, 0.2) is 0 Å². The molecule has 0 spiro atoms. The van der Waals surface area contributed by atoms with Crippen LogP contribution in [0.4, 0.5) is 0 Å². The molecule has 4 nitrogen and oxygen atoms in total. The van der Waals surface area contributed by atoms with E-state index in [4.69, 9.17) is 0 Å². The first-order valence-corrected chi connectivity index (χ1v) is 6.86. The Balaban J connectivity index is 1.94. The minimum atomic E-state index is -0.500. The highest BCUT2D eigenvalue weighted by Gasteiger charge is 2.36. The lowest BCUT2D eigenvalue weighted by Crippen LogP contribution is -2.06. The molecule has 1 heterocycles. The summed E-state index contributed by atoms with van der Waals surface area (Å²) in [7, 11) is 0. The quantitative estimate of drug-likeness (QED) is 0.534. The fraction of sp³-hybridized carbons (Fsp3) is 0. The zero-order valence-corrected chi connectivity index (χ0v) is 11.5. The van der Waals surface area contributed by atoms with Crippen LogP contribution in [0.2, 0.25) is 0 Å². The van der Waals surface area contributed by atoms with Gasteiger partial charge in [-0.15, -0.1) is 0 Å². The van der Waals surface area contributed by atoms with Gasteiger partial charge in [-0.25, -0.2) is 0 Å². The Bertz CT molecular complexity index is 962. The molecule has 1 aromatic heterocycles. The van der Waals surface area contributed by atoms with Gasteiger partial charge >= 0.3 is 0 Å². The van der Waals surface area contributed by atoms with Crippen molar-refractivity contribution in [1.29, 1.82) is 0 Å². The number of H-pyrrole nitrogens is 1. The van der Waals surface area contributed by atoms with Gasteiger partial charge in [0.2, 0.25) is 11.6 Å². The molecule has 22 heavy (non-hydrogen) atoms. The number of benzene rings is 2. The maximum atomic E-state index is 12.3. The first-order chi connectivity index (χ1) is 10.6. The number of carbonyl (C=O) groups excluding carboxylic acids is 2. The van der Waals surface area contributed by atoms with Crippen LogP contribution < -0.4 is 0 Å². The molecule has 0 fully saturated rings. The van der Waals surface area contributed by atoms with Crippen LogP contribution in [0, 0.1) is 0 Å². The molecular formula is C18H11NO3. The minimum absolute atomic E-state index is 0.155. The van der Waals surface area contributed by atoms with Crippen LogP contribution in [0.1, 0.15) is 21.6 Å². The second kappa shape index (κ2) is 4.43. The number of Topliss-reactive ketones (excluding diaryl/α,β-unsaturated/α-hetero) is 2. The lowest BCUT2D eigenvalue weighted by molar-refractivity contribution is -0.109. The average Bonchev–Trinajstić information content (AvgIpc) is 3.01. The summed E-state index contributed by atoms with van der Waals surface area (Å²) in [6, 6.07) is 13.9. The lowest BCUT2D eigenvalue weighted by atomic mass is 10.1. The van der Waals surface area contributed by atoms with Crippen molar-refractivity contribution in [3.05, 3.63) is 65.4 Å². The molecule has 0 bridgehead atoms. The average molecular weight is 289 g/mol. The van der Waals surface area contributed by atoms with Gasteiger partial charge in [-0.1, -0.05) is 30.3 Å². The summed E-state index contributed by atoms with van der Waals surface area (Å²) >= 11 is 0. The Kier molecular flexibility index (Phi) is 2.53. The summed E-state index contributed by atoms with van der Waals surface area (Å²) < 4.78 is 0. The molecule has 4 heteroatoms. The zero-order valence-electron chi connectivity index (χ0n) is 11.5. The smallest absolute Gasteiger partial charge is 0.236 e. The summed E-state index contributed by atoms with van der Waals surface area (Å²) in [5, 5.41) is 10.1. The third-order valence-corrected chi connectivity index (χ3v) is 3.86. The number of aromatic nitrogens is 1. The Hall–Kier alpha value is -3.14. The fourth-order valence-electron chi connectivity index (χ4n) is 2.80. The number of phenols is 1. The Labute approximate surface area is 125 Å². The van der Waals surface area contributed by atoms with Crippen molar-refractivity contribution in [3.63, 3.8) is 0 Å². The summed E-state index contributed by atoms with van der Waals surface area (Å²) in [5.41, 5.74) is 2.97. The molecule has 2 aromatic carbocycles. The van der Waals surface area contributed by atoms with E-state index >= 15 is 0 Å². The number of hydrogen-bond donors (Lipinski definition) is 2. The highest BCUT2D eigenvalue weighted by molar-refractivity contribution is 6.65. The predicted octanol–water partition coefficient (Wildman–Crippen LogP) is 3.18. The first kappa shape index (κ1) is 12.6. The van der Waals surface area contributed by atoms with Crippen LogP contribution >= 0.6 is 0 Å². The second-order valence-corrected chi connectivity index (χ2v) is 5.23. The minimum Gasteiger partial charge on any atom is -0.508 e. The molecule has 0 saturated heterocycles. The topological polar surface area (TPSA) is 70.2 Å². The molecule has 1 aliphatic carbocycles. The molecule has 0 aliphatic heterocycles. The van der Waals surface area contributed by atoms with Crippen molar-refractivity contribution >= 4 is 34.1 Å². The van der Waals surface area contributed by atoms with Crippen LogP contribution in [0.3, 0.4) is 0 Å². The summed E-state index contributed by atoms with van der Waals surface area (Å²) in [4.78, 5) is 27.7. The number of carbonyl (C=O) groups is 2. The molecule has 106 valence electrons. The van der Waals surface area contributed by atoms with Gasteiger partial charge in [0.05, 0.1) is 16.8 Å². The van der Waals surface area contributed by atoms with Crippen molar-refractivity contribution in [1.82, 2.24) is 4.98 Å². The van der Waals surface area contributed by atoms with Crippen molar-refractivity contribution < 1.29 is 14.7 Å². The SMILES string of the molecule is O=C1C(=O)c2c([nH]c3ccccc23)/C1=C\c1ccc(O)cc1. The molecule has 2 N–H and O–H groups in total. The van der Waals surface area contributed by atoms with Gasteiger partial charge in [0, 0.05) is 10.9 Å². The normalized spacial score (nSPS) is 15.7. The van der Waals surface area contributed by atoms with Crippen LogP contribution in [-0.2, 0) is 4.79 Å². The van der Waals surface area contributed by atoms with Crippen molar-refractivity contribution in [2.45, 2.75) is 0 Å². The van der Waals surface area contributed by atoms with E-state index < -0.39 is 11.6 Å². The van der Waals surface area contributed by atoms with Crippen LogP contribution in [0.15, 0.2) is 48.5 Å². The third-order valence-electron chi connectivity index (χ3n) is 3.86. The number of phenolic OH excluding ortho intramolecular Hbond substituents is 1. The lowest BCUT2D eigenvalue weighted by Gasteiger charge is -1.98. The van der Waals surface area contributed by atoms with Crippen molar-refractivity contribution in [2.24, 2.45) is 0 Å². The van der Waals surface area contributed by atoms with Gasteiger partial charge in [0.25, 0.3) is 0 Å². The zero-order chi connectivity index (χ0) is 15.3. The van der Waals surface area contributed by atoms with E-state index in [9.17, 15) is 14.7 Å². The van der Waals surface area contributed by atoms with Crippen LogP contribution in [-0.4, -0.2) is 21.7 Å². The fourth-order valence-corrected chi connectivity index (χ4v) is 2.80. The number of ketones is 2. The number of aromatic amines is 1. The first-order valence-electron chi connectivity index (χ1n) is 6.86. The second-order valence-electron chi connectivity index (χ2n) is 5.23. The number of hydrogen-bond acceptors (Lipinski definition) is 3. The highest BCUT2D eigenvalue weighted by Crippen LogP contribution is 2.35. The summed E-state index contributed by atoms with van der Waals surface area (Å²) in [5.74, 6) is -0.820. The Morgan fingerprint density at radius 3 is 2.41 bits per heavy atom. The summed E-state index contributed by atoms with van der Waals surface area (Å²) in [6.45, 7) is 0. The molecule has 0 radical (unpaired) electrons. The third kappa shape index (κ3) is 1.71. The van der Waals surface area contributed by atoms with E-state index in [0.29, 0.717) is 16.8 Å². The number of fused-ring (bicyclic) bond motifs is 3. The van der Waals surface area contributed by atoms with Gasteiger partial charge in [-0.3, -0.25) is 9.59 Å². The standard InChI is InChI=1S/C18H11NO3/c20-11-7-5-10(6-8-11)9-13-16-15(18(22)17(13)21)12-3-1-2-4-14(12)19-16/h1-9,19-20H/b13-9+. The highest BCUT2D eigenvalue weighted by atomic mass is 16.3. The Morgan fingerprint density at radius 1 is 0.909 bits per heavy atom. The maximum Gasteiger partial charge on any atom is 0.236 e. The molecule has 3 aromatic rings. The monoisotopic (exact) mass is 289 g/mol. The van der Waals surface area contributed by atoms with Crippen LogP contribution in [0.25, 0.3) is 22.6 Å². The number of rotatable bonds is 1. The predicted molar refractivity (Wildman–Crippen MR) is 83.6 cm³/mol. The molecule has 4 rings (SSSR count). The molecular weight excluding hydrogens is 278 g/mol. The summed E-state index contributed by atoms with van der Waals surface area (Å²) in [6.07, 6.45) is 1.67. The maximum absolute atomic E-state index is 12.3. The number of allylic oxidation sites excluding steroid dienone is 1.